The van der Waals surface area contributed by atoms with Gasteiger partial charge >= 0.3 is 23.5 Å². The van der Waals surface area contributed by atoms with E-state index in [-0.39, 0.29) is 59.6 Å². The molecule has 10 N–H and O–H groups in total. The van der Waals surface area contributed by atoms with E-state index in [1.165, 1.54) is 13.8 Å². The Hall–Kier alpha value is -2.77. The number of fused-ring (bicyclic) bond motifs is 1. The number of carbonyl (C=O) groups excluding carboxylic acids is 4. The molecule has 0 spiro atoms. The maximum atomic E-state index is 12.7. The van der Waals surface area contributed by atoms with Gasteiger partial charge in [0, 0.05) is 37.1 Å². The number of phosphoric acid groups is 3. The number of carbonyl (C=O) groups is 4. The molecule has 7 atom stereocenters. The first kappa shape index (κ1) is 49.6. The van der Waals surface area contributed by atoms with Crippen molar-refractivity contribution in [1.82, 2.24) is 30.2 Å². The van der Waals surface area contributed by atoms with Crippen LogP contribution in [0.25, 0.3) is 11.2 Å². The number of nitrogen functional groups attached to an aromatic ring is 1. The summed E-state index contributed by atoms with van der Waals surface area (Å²) in [6.45, 7) is 2.33. The Kier molecular flexibility index (Phi) is 18.5. The van der Waals surface area contributed by atoms with Crippen molar-refractivity contribution in [3.05, 3.63) is 12.7 Å². The van der Waals surface area contributed by atoms with Gasteiger partial charge in [0.25, 0.3) is 0 Å². The van der Waals surface area contributed by atoms with Crippen LogP contribution in [0.15, 0.2) is 12.7 Å². The molecule has 0 saturated carbocycles. The van der Waals surface area contributed by atoms with Crippen molar-refractivity contribution in [3.8, 4) is 0 Å². The summed E-state index contributed by atoms with van der Waals surface area (Å²) in [6, 6.07) is 0. The number of amides is 2. The number of rotatable bonds is 25. The van der Waals surface area contributed by atoms with Gasteiger partial charge in [0.2, 0.25) is 11.8 Å². The number of aromatic nitrogens is 4. The highest BCUT2D eigenvalue weighted by molar-refractivity contribution is 8.13. The smallest absolute Gasteiger partial charge is 0.386 e. The largest absolute Gasteiger partial charge is 0.481 e. The molecule has 0 radical (unpaired) electrons. The van der Waals surface area contributed by atoms with Crippen LogP contribution in [0.1, 0.15) is 65.5 Å². The van der Waals surface area contributed by atoms with Crippen LogP contribution in [-0.2, 0) is 55.5 Å². The predicted molar refractivity (Wildman–Crippen MR) is 201 cm³/mol. The highest BCUT2D eigenvalue weighted by atomic mass is 32.2. The van der Waals surface area contributed by atoms with Gasteiger partial charge in [0.15, 0.2) is 22.8 Å². The van der Waals surface area contributed by atoms with Crippen LogP contribution in [0.5, 0.6) is 0 Å². The van der Waals surface area contributed by atoms with Crippen molar-refractivity contribution in [2.45, 2.75) is 89.9 Å². The molecule has 1 saturated heterocycles. The van der Waals surface area contributed by atoms with Crippen molar-refractivity contribution < 1.29 is 85.3 Å². The lowest BCUT2D eigenvalue weighted by atomic mass is 9.87. The minimum Gasteiger partial charge on any atom is -0.386 e. The Morgan fingerprint density at radius 2 is 1.71 bits per heavy atom. The molecule has 1 aliphatic heterocycles. The zero-order valence-electron chi connectivity index (χ0n) is 31.5. The molecule has 1 aliphatic rings. The topological polar surface area (TPSA) is 381 Å². The maximum absolute atomic E-state index is 12.7. The van der Waals surface area contributed by atoms with Crippen LogP contribution in [0.3, 0.4) is 0 Å². The number of hydrogen-bond acceptors (Lipinski definition) is 19. The number of ketones is 1. The van der Waals surface area contributed by atoms with Gasteiger partial charge in [-0.2, -0.15) is 4.31 Å². The number of nitrogens with one attached hydrogen (secondary N) is 2. The molecule has 328 valence electrons. The van der Waals surface area contributed by atoms with E-state index in [2.05, 4.69) is 34.4 Å². The van der Waals surface area contributed by atoms with E-state index in [1.54, 1.807) is 0 Å². The summed E-state index contributed by atoms with van der Waals surface area (Å²) < 4.78 is 62.1. The SMILES string of the molecule is CCCCCC(=O)CC(=O)SCCNC(=O)CCNC(=O)[C@H](O)C(C)(C)COP(=O)(O)OP(=O)(O)OC[C@H]1O[C@@H](n2cnc3c(N)ncnc32)[C@H](O)[C@@H]1OP(=O)(O)O. The number of aliphatic hydroxyl groups is 2. The molecule has 2 amide bonds. The zero-order valence-corrected chi connectivity index (χ0v) is 35.0. The fourth-order valence-corrected chi connectivity index (χ4v) is 8.69. The number of aliphatic hydroxyl groups excluding tert-OH is 2. The van der Waals surface area contributed by atoms with Gasteiger partial charge in [-0.15, -0.1) is 0 Å². The molecule has 58 heavy (non-hydrogen) atoms. The molecule has 29 heteroatoms. The van der Waals surface area contributed by atoms with Crippen LogP contribution < -0.4 is 16.4 Å². The Morgan fingerprint density at radius 3 is 2.38 bits per heavy atom. The van der Waals surface area contributed by atoms with Crippen LogP contribution in [0.4, 0.5) is 5.82 Å². The summed E-state index contributed by atoms with van der Waals surface area (Å²) in [5, 5.41) is 26.0. The molecule has 3 rings (SSSR count). The van der Waals surface area contributed by atoms with E-state index < -0.39 is 84.6 Å². The van der Waals surface area contributed by atoms with Crippen LogP contribution >= 0.6 is 35.2 Å². The molecule has 1 fully saturated rings. The van der Waals surface area contributed by atoms with E-state index in [0.29, 0.717) is 6.42 Å². The van der Waals surface area contributed by atoms with Crippen LogP contribution in [-0.4, -0.2) is 128 Å². The third-order valence-electron chi connectivity index (χ3n) is 8.17. The lowest BCUT2D eigenvalue weighted by molar-refractivity contribution is -0.137. The molecule has 2 unspecified atom stereocenters. The second kappa shape index (κ2) is 21.7. The summed E-state index contributed by atoms with van der Waals surface area (Å²) in [6.07, 6.45) is -4.25. The third-order valence-corrected chi connectivity index (χ3v) is 12.1. The van der Waals surface area contributed by atoms with Crippen molar-refractivity contribution in [2.24, 2.45) is 5.41 Å². The monoisotopic (exact) mass is 907 g/mol. The molecular weight excluding hydrogens is 859 g/mol. The number of nitrogens with zero attached hydrogens (tertiary/aromatic N) is 4. The maximum Gasteiger partial charge on any atom is 0.481 e. The summed E-state index contributed by atoms with van der Waals surface area (Å²) in [4.78, 5) is 99.4. The minimum absolute atomic E-state index is 0.0249. The van der Waals surface area contributed by atoms with Gasteiger partial charge in [-0.1, -0.05) is 45.4 Å². The van der Waals surface area contributed by atoms with Crippen molar-refractivity contribution in [2.75, 3.05) is 37.8 Å². The van der Waals surface area contributed by atoms with E-state index in [9.17, 15) is 62.7 Å². The number of phosphoric ester groups is 3. The number of anilines is 1. The molecular formula is C29H48N7O18P3S. The second-order valence-electron chi connectivity index (χ2n) is 13.5. The number of unbranched alkanes of at least 4 members (excludes halogenated alkanes) is 2. The molecule has 0 bridgehead atoms. The van der Waals surface area contributed by atoms with Crippen LogP contribution in [0, 0.1) is 5.41 Å². The number of thioether (sulfide) groups is 1. The Morgan fingerprint density at radius 1 is 1.02 bits per heavy atom. The molecule has 3 heterocycles. The Balaban J connectivity index is 1.45. The summed E-state index contributed by atoms with van der Waals surface area (Å²) in [7, 11) is -16.4. The zero-order chi connectivity index (χ0) is 43.5. The molecule has 2 aromatic heterocycles. The molecule has 0 aliphatic carbocycles. The van der Waals surface area contributed by atoms with Crippen LogP contribution in [0.2, 0.25) is 0 Å². The van der Waals surface area contributed by atoms with Gasteiger partial charge in [0.05, 0.1) is 26.0 Å². The summed E-state index contributed by atoms with van der Waals surface area (Å²) in [5.74, 6) is -1.43. The third kappa shape index (κ3) is 15.7. The van der Waals surface area contributed by atoms with Gasteiger partial charge in [0.1, 0.15) is 42.0 Å². The lowest BCUT2D eigenvalue weighted by Crippen LogP contribution is -2.46. The van der Waals surface area contributed by atoms with Crippen molar-refractivity contribution in [3.63, 3.8) is 0 Å². The summed E-state index contributed by atoms with van der Waals surface area (Å²) >= 11 is 0.917. The average molecular weight is 908 g/mol. The number of imidazole rings is 1. The highest BCUT2D eigenvalue weighted by Crippen LogP contribution is 2.61. The fourth-order valence-electron chi connectivity index (χ4n) is 5.17. The van der Waals surface area contributed by atoms with E-state index >= 15 is 0 Å². The van der Waals surface area contributed by atoms with Gasteiger partial charge < -0.3 is 50.9 Å². The molecule has 25 nitrogen and oxygen atoms in total. The van der Waals surface area contributed by atoms with Gasteiger partial charge in [-0.05, 0) is 6.42 Å². The summed E-state index contributed by atoms with van der Waals surface area (Å²) in [5.41, 5.74) is 4.23. The molecule has 0 aromatic carbocycles. The van der Waals surface area contributed by atoms with E-state index in [4.69, 9.17) is 19.5 Å². The predicted octanol–water partition coefficient (Wildman–Crippen LogP) is 0.204. The average Bonchev–Trinajstić information content (AvgIpc) is 3.68. The number of ether oxygens (including phenoxy) is 1. The highest BCUT2D eigenvalue weighted by Gasteiger charge is 2.50. The van der Waals surface area contributed by atoms with E-state index in [1.807, 2.05) is 6.92 Å². The number of nitrogens with two attached hydrogens (primary N) is 1. The lowest BCUT2D eigenvalue weighted by Gasteiger charge is -2.30. The first-order valence-corrected chi connectivity index (χ1v) is 23.0. The fraction of sp³-hybridized carbons (Fsp3) is 0.690. The normalized spacial score (nSPS) is 21.3. The Bertz CT molecular complexity index is 1900. The minimum atomic E-state index is -5.58. The number of Topliss-reactive ketones (excluding diaryl/α,β-unsaturated/α-hetero) is 1. The van der Waals surface area contributed by atoms with Crippen molar-refractivity contribution in [1.29, 1.82) is 0 Å². The quantitative estimate of drug-likeness (QED) is 0.0365. The van der Waals surface area contributed by atoms with E-state index in [0.717, 1.165) is 48.2 Å². The number of hydrogen-bond donors (Lipinski definition) is 9. The standard InChI is InChI=1S/C29H48N7O18P3S/c1-4-5-6-7-17(37)12-20(39)58-11-10-31-19(38)8-9-32-27(42)24(41)29(2,3)14-51-57(48,49)54-56(46,47)50-13-18-23(53-55(43,44)45)22(40)28(52-18)36-16-35-21-25(30)33-15-34-26(21)36/h15-16,18,22-24,28,40-41H,4-14H2,1-3H3,(H,31,38)(H,32,42)(H,46,47)(H,48,49)(H2,30,33,34)(H2,43,44,45)/t18-,22-,23-,24+,28-/m1/s1. The van der Waals surface area contributed by atoms with Gasteiger partial charge in [-0.3, -0.25) is 37.3 Å². The van der Waals surface area contributed by atoms with Crippen molar-refractivity contribution >= 4 is 74.9 Å². The first-order valence-electron chi connectivity index (χ1n) is 17.5. The second-order valence-corrected chi connectivity index (χ2v) is 18.9. The van der Waals surface area contributed by atoms with Gasteiger partial charge in [-0.25, -0.2) is 28.6 Å². The Labute approximate surface area is 335 Å². The first-order chi connectivity index (χ1) is 26.9. The molecule has 2 aromatic rings.